The third kappa shape index (κ3) is 10.8. The van der Waals surface area contributed by atoms with Gasteiger partial charge in [-0.25, -0.2) is 11.8 Å². The van der Waals surface area contributed by atoms with Crippen LogP contribution in [0.3, 0.4) is 0 Å². The van der Waals surface area contributed by atoms with E-state index in [1.165, 1.54) is 0 Å². The summed E-state index contributed by atoms with van der Waals surface area (Å²) in [5, 5.41) is 27.7. The van der Waals surface area contributed by atoms with Gasteiger partial charge in [-0.2, -0.15) is 0 Å². The first-order chi connectivity index (χ1) is 8.60. The van der Waals surface area contributed by atoms with Crippen molar-refractivity contribution in [1.29, 1.82) is 0 Å². The van der Waals surface area contributed by atoms with E-state index in [0.717, 1.165) is 0 Å². The molecule has 7 N–H and O–H groups in total. The predicted molar refractivity (Wildman–Crippen MR) is 59.9 cm³/mol. The van der Waals surface area contributed by atoms with Crippen LogP contribution in [0, 0.1) is 0 Å². The summed E-state index contributed by atoms with van der Waals surface area (Å²) in [4.78, 5) is 8.42. The van der Waals surface area contributed by atoms with E-state index >= 15 is 0 Å². The molecule has 18 heavy (non-hydrogen) atoms. The number of rotatable bonds is 12. The highest BCUT2D eigenvalue weighted by Crippen LogP contribution is 1.93. The van der Waals surface area contributed by atoms with E-state index in [4.69, 9.17) is 31.5 Å². The average Bonchev–Trinajstić information content (AvgIpc) is 2.29. The lowest BCUT2D eigenvalue weighted by Gasteiger charge is -2.15. The maximum absolute atomic E-state index is 9.41. The third-order valence-corrected chi connectivity index (χ3v) is 1.82. The molecule has 0 saturated heterocycles. The molecule has 9 nitrogen and oxygen atoms in total. The van der Waals surface area contributed by atoms with Gasteiger partial charge < -0.3 is 34.5 Å². The van der Waals surface area contributed by atoms with E-state index < -0.39 is 18.3 Å². The predicted octanol–water partition coefficient (Wildman–Crippen LogP) is -3.12. The van der Waals surface area contributed by atoms with Crippen molar-refractivity contribution in [2.75, 3.05) is 39.6 Å². The summed E-state index contributed by atoms with van der Waals surface area (Å²) in [6.07, 6.45) is -2.54. The molecule has 0 radical (unpaired) electrons. The lowest BCUT2D eigenvalue weighted by atomic mass is 10.4. The molecule has 0 aromatic rings. The fourth-order valence-electron chi connectivity index (χ4n) is 1.05. The van der Waals surface area contributed by atoms with Crippen LogP contribution < -0.4 is 11.8 Å². The molecule has 0 bridgehead atoms. The highest BCUT2D eigenvalue weighted by Gasteiger charge is 2.10. The molecule has 0 saturated carbocycles. The van der Waals surface area contributed by atoms with Crippen molar-refractivity contribution in [1.82, 2.24) is 0 Å². The number of aliphatic hydroxyl groups is 3. The molecule has 0 spiro atoms. The monoisotopic (exact) mass is 270 g/mol. The highest BCUT2D eigenvalue weighted by molar-refractivity contribution is 4.56. The zero-order valence-corrected chi connectivity index (χ0v) is 10.1. The van der Waals surface area contributed by atoms with Crippen molar-refractivity contribution >= 4 is 0 Å². The Labute approximate surface area is 105 Å². The van der Waals surface area contributed by atoms with Crippen molar-refractivity contribution < 1.29 is 34.5 Å². The quantitative estimate of drug-likeness (QED) is 0.232. The molecule has 9 heteroatoms. The molecule has 0 aromatic heterocycles. The standard InChI is InChI=1S/C9H22N2O7/c10-17-5-8(13)3-15-1-7(12)2-16-4-9(14)6-18-11/h7-9,12-14H,1-6,10-11H2. The lowest BCUT2D eigenvalue weighted by molar-refractivity contribution is -0.0716. The van der Waals surface area contributed by atoms with Crippen LogP contribution in [0.15, 0.2) is 0 Å². The molecule has 0 aromatic carbocycles. The van der Waals surface area contributed by atoms with Crippen LogP contribution in [0.1, 0.15) is 0 Å². The van der Waals surface area contributed by atoms with E-state index in [9.17, 15) is 5.11 Å². The van der Waals surface area contributed by atoms with Crippen LogP contribution >= 0.6 is 0 Å². The Balaban J connectivity index is 3.39. The molecule has 0 fully saturated rings. The minimum atomic E-state index is -0.859. The van der Waals surface area contributed by atoms with E-state index in [1.54, 1.807) is 0 Å². The first-order valence-electron chi connectivity index (χ1n) is 5.43. The summed E-state index contributed by atoms with van der Waals surface area (Å²) in [7, 11) is 0. The summed E-state index contributed by atoms with van der Waals surface area (Å²) in [5.74, 6) is 9.50. The minimum absolute atomic E-state index is 0.00208. The smallest absolute Gasteiger partial charge is 0.103 e. The molecule has 0 aliphatic heterocycles. The van der Waals surface area contributed by atoms with Gasteiger partial charge in [-0.05, 0) is 0 Å². The van der Waals surface area contributed by atoms with Gasteiger partial charge in [-0.3, -0.25) is 0 Å². The maximum atomic E-state index is 9.41. The number of ether oxygens (including phenoxy) is 2. The molecular formula is C9H22N2O7. The zero-order valence-electron chi connectivity index (χ0n) is 10.1. The molecule has 110 valence electrons. The van der Waals surface area contributed by atoms with Gasteiger partial charge in [0.05, 0.1) is 39.6 Å². The number of aliphatic hydroxyl groups excluding tert-OH is 3. The van der Waals surface area contributed by atoms with Crippen LogP contribution in [0.4, 0.5) is 0 Å². The van der Waals surface area contributed by atoms with Gasteiger partial charge in [0.2, 0.25) is 0 Å². The molecule has 0 rings (SSSR count). The van der Waals surface area contributed by atoms with Crippen molar-refractivity contribution in [3.05, 3.63) is 0 Å². The summed E-state index contributed by atoms with van der Waals surface area (Å²) in [6, 6.07) is 0. The summed E-state index contributed by atoms with van der Waals surface area (Å²) in [6.45, 7) is -0.109. The van der Waals surface area contributed by atoms with Crippen molar-refractivity contribution in [3.8, 4) is 0 Å². The number of nitrogens with two attached hydrogens (primary N) is 2. The van der Waals surface area contributed by atoms with E-state index in [0.29, 0.717) is 0 Å². The topological polar surface area (TPSA) is 150 Å². The SMILES string of the molecule is NOCC(O)COCC(O)COCC(O)CON. The van der Waals surface area contributed by atoms with Gasteiger partial charge in [-0.1, -0.05) is 0 Å². The largest absolute Gasteiger partial charge is 0.388 e. The Kier molecular flexibility index (Phi) is 11.5. The molecule has 0 amide bonds. The van der Waals surface area contributed by atoms with Gasteiger partial charge in [0.25, 0.3) is 0 Å². The molecule has 2 unspecified atom stereocenters. The second-order valence-electron chi connectivity index (χ2n) is 3.70. The summed E-state index contributed by atoms with van der Waals surface area (Å²) < 4.78 is 9.98. The van der Waals surface area contributed by atoms with E-state index in [1.807, 2.05) is 0 Å². The summed E-state index contributed by atoms with van der Waals surface area (Å²) >= 11 is 0. The zero-order chi connectivity index (χ0) is 13.8. The van der Waals surface area contributed by atoms with Crippen molar-refractivity contribution in [3.63, 3.8) is 0 Å². The fourth-order valence-corrected chi connectivity index (χ4v) is 1.05. The Bertz CT molecular complexity index is 168. The van der Waals surface area contributed by atoms with E-state index in [-0.39, 0.29) is 39.6 Å². The Morgan fingerprint density at radius 1 is 0.611 bits per heavy atom. The van der Waals surface area contributed by atoms with Gasteiger partial charge >= 0.3 is 0 Å². The lowest BCUT2D eigenvalue weighted by Crippen LogP contribution is -2.30. The summed E-state index contributed by atoms with van der Waals surface area (Å²) in [5.41, 5.74) is 0. The van der Waals surface area contributed by atoms with Crippen molar-refractivity contribution in [2.24, 2.45) is 11.8 Å². The van der Waals surface area contributed by atoms with E-state index in [2.05, 4.69) is 9.68 Å². The Hall–Kier alpha value is -0.360. The number of hydrogen-bond donors (Lipinski definition) is 5. The van der Waals surface area contributed by atoms with Crippen LogP contribution in [0.25, 0.3) is 0 Å². The second-order valence-corrected chi connectivity index (χ2v) is 3.70. The van der Waals surface area contributed by atoms with Crippen molar-refractivity contribution in [2.45, 2.75) is 18.3 Å². The molecule has 0 aliphatic rings. The van der Waals surface area contributed by atoms with Gasteiger partial charge in [0, 0.05) is 0 Å². The molecule has 0 aliphatic carbocycles. The van der Waals surface area contributed by atoms with Gasteiger partial charge in [0.15, 0.2) is 0 Å². The third-order valence-electron chi connectivity index (χ3n) is 1.82. The van der Waals surface area contributed by atoms with Crippen LogP contribution in [0.5, 0.6) is 0 Å². The number of hydrogen-bond acceptors (Lipinski definition) is 9. The molecular weight excluding hydrogens is 248 g/mol. The fraction of sp³-hybridized carbons (Fsp3) is 1.00. The Morgan fingerprint density at radius 2 is 0.889 bits per heavy atom. The first-order valence-corrected chi connectivity index (χ1v) is 5.43. The van der Waals surface area contributed by atoms with Crippen LogP contribution in [-0.4, -0.2) is 73.3 Å². The molecule has 2 atom stereocenters. The maximum Gasteiger partial charge on any atom is 0.103 e. The van der Waals surface area contributed by atoms with Gasteiger partial charge in [-0.15, -0.1) is 0 Å². The first kappa shape index (κ1) is 17.6. The highest BCUT2D eigenvalue weighted by atomic mass is 16.6. The second kappa shape index (κ2) is 11.7. The Morgan fingerprint density at radius 3 is 1.17 bits per heavy atom. The van der Waals surface area contributed by atoms with Crippen LogP contribution in [-0.2, 0) is 19.1 Å². The van der Waals surface area contributed by atoms with Gasteiger partial charge in [0.1, 0.15) is 18.3 Å². The molecule has 0 heterocycles. The minimum Gasteiger partial charge on any atom is -0.388 e. The average molecular weight is 270 g/mol. The normalized spacial score (nSPS) is 16.5. The van der Waals surface area contributed by atoms with Crippen LogP contribution in [0.2, 0.25) is 0 Å².